The highest BCUT2D eigenvalue weighted by atomic mass is 19.1. The predicted molar refractivity (Wildman–Crippen MR) is 80.6 cm³/mol. The Hall–Kier alpha value is -1.94. The van der Waals surface area contributed by atoms with E-state index in [0.29, 0.717) is 6.61 Å². The molecule has 0 spiro atoms. The van der Waals surface area contributed by atoms with Crippen LogP contribution >= 0.6 is 0 Å². The summed E-state index contributed by atoms with van der Waals surface area (Å²) in [4.78, 5) is 0. The van der Waals surface area contributed by atoms with E-state index in [1.54, 1.807) is 24.3 Å². The Balaban J connectivity index is 1.79. The number of anilines is 1. The first-order valence-electron chi connectivity index (χ1n) is 7.65. The van der Waals surface area contributed by atoms with E-state index in [1.807, 2.05) is 6.07 Å². The van der Waals surface area contributed by atoms with Crippen molar-refractivity contribution in [3.05, 3.63) is 65.2 Å². The van der Waals surface area contributed by atoms with Crippen LogP contribution in [-0.2, 0) is 4.74 Å². The number of nitrogens with one attached hydrogen (secondary N) is 1. The molecule has 2 nitrogen and oxygen atoms in total. The summed E-state index contributed by atoms with van der Waals surface area (Å²) in [5.41, 5.74) is 2.66. The molecule has 114 valence electrons. The molecule has 4 heteroatoms. The van der Waals surface area contributed by atoms with Crippen molar-refractivity contribution in [2.75, 3.05) is 11.9 Å². The zero-order valence-corrected chi connectivity index (χ0v) is 12.1. The summed E-state index contributed by atoms with van der Waals surface area (Å²) < 4.78 is 33.1. The third kappa shape index (κ3) is 2.28. The van der Waals surface area contributed by atoms with Crippen molar-refractivity contribution in [3.63, 3.8) is 0 Å². The molecule has 1 saturated heterocycles. The summed E-state index contributed by atoms with van der Waals surface area (Å²) in [5, 5.41) is 3.45. The molecule has 1 N–H and O–H groups in total. The number of hydrogen-bond acceptors (Lipinski definition) is 2. The van der Waals surface area contributed by atoms with Gasteiger partial charge >= 0.3 is 0 Å². The van der Waals surface area contributed by atoms with Crippen molar-refractivity contribution in [2.45, 2.75) is 25.0 Å². The first-order valence-corrected chi connectivity index (χ1v) is 7.65. The third-order valence-corrected chi connectivity index (χ3v) is 4.64. The first kappa shape index (κ1) is 13.7. The molecule has 0 radical (unpaired) electrons. The van der Waals surface area contributed by atoms with Crippen LogP contribution in [0.5, 0.6) is 0 Å². The van der Waals surface area contributed by atoms with Crippen LogP contribution in [-0.4, -0.2) is 6.61 Å². The molecule has 0 aliphatic carbocycles. The molecule has 2 heterocycles. The molecule has 1 fully saturated rings. The van der Waals surface area contributed by atoms with Crippen LogP contribution in [0.25, 0.3) is 0 Å². The second kappa shape index (κ2) is 5.36. The second-order valence-electron chi connectivity index (χ2n) is 6.01. The average molecular weight is 301 g/mol. The van der Waals surface area contributed by atoms with Gasteiger partial charge in [0, 0.05) is 23.8 Å². The van der Waals surface area contributed by atoms with Crippen molar-refractivity contribution < 1.29 is 13.5 Å². The molecular formula is C18H17F2NO. The standard InChI is InChI=1S/C18H17F2NO/c19-12-4-1-3-11(9-12)17-14-5-2-8-22-18(14)15-10-13(20)6-7-16(15)21-17/h1,3-4,6-7,9-10,14,17-18,21H,2,5,8H2/t14?,17-,18-/m1/s1. The fourth-order valence-electron chi connectivity index (χ4n) is 3.67. The van der Waals surface area contributed by atoms with Gasteiger partial charge in [-0.15, -0.1) is 0 Å². The lowest BCUT2D eigenvalue weighted by molar-refractivity contribution is -0.0383. The molecule has 2 aromatic rings. The lowest BCUT2D eigenvalue weighted by Gasteiger charge is -2.43. The lowest BCUT2D eigenvalue weighted by Crippen LogP contribution is -2.36. The van der Waals surface area contributed by atoms with E-state index < -0.39 is 0 Å². The van der Waals surface area contributed by atoms with Gasteiger partial charge in [-0.1, -0.05) is 12.1 Å². The summed E-state index contributed by atoms with van der Waals surface area (Å²) in [6.07, 6.45) is 1.82. The Bertz CT molecular complexity index is 703. The number of hydrogen-bond donors (Lipinski definition) is 1. The number of fused-ring (bicyclic) bond motifs is 3. The molecular weight excluding hydrogens is 284 g/mol. The molecule has 1 unspecified atom stereocenters. The average Bonchev–Trinajstić information content (AvgIpc) is 2.54. The van der Waals surface area contributed by atoms with Crippen LogP contribution in [0.4, 0.5) is 14.5 Å². The molecule has 22 heavy (non-hydrogen) atoms. The summed E-state index contributed by atoms with van der Waals surface area (Å²) >= 11 is 0. The Labute approximate surface area is 128 Å². The molecule has 2 aromatic carbocycles. The van der Waals surface area contributed by atoms with E-state index in [0.717, 1.165) is 29.7 Å². The lowest BCUT2D eigenvalue weighted by atomic mass is 9.77. The van der Waals surface area contributed by atoms with E-state index in [-0.39, 0.29) is 29.7 Å². The van der Waals surface area contributed by atoms with Crippen LogP contribution in [0.2, 0.25) is 0 Å². The van der Waals surface area contributed by atoms with E-state index in [4.69, 9.17) is 4.74 Å². The van der Waals surface area contributed by atoms with Crippen molar-refractivity contribution in [1.29, 1.82) is 0 Å². The van der Waals surface area contributed by atoms with Gasteiger partial charge in [0.2, 0.25) is 0 Å². The molecule has 2 aliphatic rings. The van der Waals surface area contributed by atoms with Gasteiger partial charge in [-0.25, -0.2) is 8.78 Å². The highest BCUT2D eigenvalue weighted by Gasteiger charge is 2.39. The van der Waals surface area contributed by atoms with Gasteiger partial charge in [-0.2, -0.15) is 0 Å². The number of halogens is 2. The minimum Gasteiger partial charge on any atom is -0.378 e. The maximum Gasteiger partial charge on any atom is 0.123 e. The number of benzene rings is 2. The zero-order valence-electron chi connectivity index (χ0n) is 12.1. The van der Waals surface area contributed by atoms with Gasteiger partial charge < -0.3 is 10.1 Å². The number of rotatable bonds is 1. The van der Waals surface area contributed by atoms with Crippen LogP contribution in [0.15, 0.2) is 42.5 Å². The maximum atomic E-state index is 13.6. The molecule has 2 aliphatic heterocycles. The molecule has 0 aromatic heterocycles. The number of ether oxygens (including phenoxy) is 1. The predicted octanol–water partition coefficient (Wildman–Crippen LogP) is 4.60. The Morgan fingerprint density at radius 2 is 1.91 bits per heavy atom. The largest absolute Gasteiger partial charge is 0.378 e. The maximum absolute atomic E-state index is 13.6. The van der Waals surface area contributed by atoms with Gasteiger partial charge in [0.15, 0.2) is 0 Å². The minimum absolute atomic E-state index is 0.0149. The second-order valence-corrected chi connectivity index (χ2v) is 6.01. The van der Waals surface area contributed by atoms with Gasteiger partial charge in [-0.3, -0.25) is 0 Å². The minimum atomic E-state index is -0.252. The Morgan fingerprint density at radius 3 is 2.77 bits per heavy atom. The fourth-order valence-corrected chi connectivity index (χ4v) is 3.67. The fraction of sp³-hybridized carbons (Fsp3) is 0.333. The zero-order chi connectivity index (χ0) is 15.1. The highest BCUT2D eigenvalue weighted by molar-refractivity contribution is 5.57. The van der Waals surface area contributed by atoms with E-state index in [2.05, 4.69) is 5.32 Å². The molecule has 0 saturated carbocycles. The Morgan fingerprint density at radius 1 is 1.05 bits per heavy atom. The third-order valence-electron chi connectivity index (χ3n) is 4.64. The van der Waals surface area contributed by atoms with Crippen molar-refractivity contribution in [3.8, 4) is 0 Å². The van der Waals surface area contributed by atoms with Gasteiger partial charge in [-0.05, 0) is 48.7 Å². The van der Waals surface area contributed by atoms with Gasteiger partial charge in [0.1, 0.15) is 11.6 Å². The van der Waals surface area contributed by atoms with Crippen LogP contribution in [0, 0.1) is 17.6 Å². The molecule has 4 rings (SSSR count). The smallest absolute Gasteiger partial charge is 0.123 e. The van der Waals surface area contributed by atoms with Crippen LogP contribution in [0.1, 0.15) is 36.1 Å². The van der Waals surface area contributed by atoms with E-state index >= 15 is 0 Å². The molecule has 0 bridgehead atoms. The summed E-state index contributed by atoms with van der Waals surface area (Å²) in [6.45, 7) is 0.687. The normalized spacial score (nSPS) is 26.7. The quantitative estimate of drug-likeness (QED) is 0.831. The topological polar surface area (TPSA) is 21.3 Å². The highest BCUT2D eigenvalue weighted by Crippen LogP contribution is 2.49. The summed E-state index contributed by atoms with van der Waals surface area (Å²) in [7, 11) is 0. The van der Waals surface area contributed by atoms with E-state index in [1.165, 1.54) is 12.1 Å². The van der Waals surface area contributed by atoms with E-state index in [9.17, 15) is 8.78 Å². The van der Waals surface area contributed by atoms with Crippen LogP contribution < -0.4 is 5.32 Å². The molecule has 0 amide bonds. The van der Waals surface area contributed by atoms with Crippen molar-refractivity contribution >= 4 is 5.69 Å². The summed E-state index contributed by atoms with van der Waals surface area (Å²) in [5.74, 6) is -0.306. The summed E-state index contributed by atoms with van der Waals surface area (Å²) in [6, 6.07) is 11.4. The van der Waals surface area contributed by atoms with Crippen LogP contribution in [0.3, 0.4) is 0 Å². The Kier molecular flexibility index (Phi) is 3.34. The SMILES string of the molecule is Fc1cccc([C@H]2Nc3ccc(F)cc3[C@@H]3OCCCC23)c1. The monoisotopic (exact) mass is 301 g/mol. The van der Waals surface area contributed by atoms with Gasteiger partial charge in [0.05, 0.1) is 12.1 Å². The molecule has 3 atom stereocenters. The van der Waals surface area contributed by atoms with Crippen molar-refractivity contribution in [1.82, 2.24) is 0 Å². The van der Waals surface area contributed by atoms with Gasteiger partial charge in [0.25, 0.3) is 0 Å². The first-order chi connectivity index (χ1) is 10.7. The van der Waals surface area contributed by atoms with Crippen molar-refractivity contribution in [2.24, 2.45) is 5.92 Å².